The van der Waals surface area contributed by atoms with Crippen LogP contribution in [0.25, 0.3) is 21.3 Å². The normalized spacial score (nSPS) is 13.1. The van der Waals surface area contributed by atoms with E-state index in [4.69, 9.17) is 4.98 Å². The third kappa shape index (κ3) is 5.37. The maximum atomic E-state index is 13.2. The summed E-state index contributed by atoms with van der Waals surface area (Å²) in [6, 6.07) is 20.2. The van der Waals surface area contributed by atoms with Gasteiger partial charge in [-0.05, 0) is 37.8 Å². The monoisotopic (exact) mass is 477 g/mol. The van der Waals surface area contributed by atoms with Crippen LogP contribution in [0.5, 0.6) is 0 Å². The number of thioether (sulfide) groups is 1. The lowest BCUT2D eigenvalue weighted by Gasteiger charge is -2.18. The highest BCUT2D eigenvalue weighted by atomic mass is 32.2. The number of fused-ring (bicyclic) bond motifs is 1. The molecule has 170 valence electrons. The van der Waals surface area contributed by atoms with Crippen molar-refractivity contribution in [2.24, 2.45) is 7.05 Å². The van der Waals surface area contributed by atoms with E-state index in [1.165, 1.54) is 28.7 Å². The first-order chi connectivity index (χ1) is 15.9. The predicted molar refractivity (Wildman–Crippen MR) is 138 cm³/mol. The molecule has 0 saturated carbocycles. The zero-order valence-corrected chi connectivity index (χ0v) is 20.6. The first-order valence-electron chi connectivity index (χ1n) is 11.0. The van der Waals surface area contributed by atoms with E-state index >= 15 is 0 Å². The van der Waals surface area contributed by atoms with Gasteiger partial charge in [-0.1, -0.05) is 72.4 Å². The Balaban J connectivity index is 1.45. The highest BCUT2D eigenvalue weighted by Gasteiger charge is 2.21. The molecule has 0 aliphatic rings. The quantitative estimate of drug-likeness (QED) is 0.277. The van der Waals surface area contributed by atoms with E-state index < -0.39 is 0 Å². The third-order valence-electron chi connectivity index (χ3n) is 5.61. The number of carbonyl (C=O) groups is 1. The second-order valence-electron chi connectivity index (χ2n) is 8.15. The van der Waals surface area contributed by atoms with Gasteiger partial charge < -0.3 is 5.32 Å². The molecule has 0 spiro atoms. The van der Waals surface area contributed by atoms with Crippen LogP contribution in [0.4, 0.5) is 0 Å². The molecule has 1 amide bonds. The minimum Gasteiger partial charge on any atom is -0.353 e. The van der Waals surface area contributed by atoms with Crippen LogP contribution in [0.2, 0.25) is 0 Å². The van der Waals surface area contributed by atoms with Crippen LogP contribution in [0, 0.1) is 0 Å². The van der Waals surface area contributed by atoms with Crippen LogP contribution in [0.1, 0.15) is 25.8 Å². The van der Waals surface area contributed by atoms with Gasteiger partial charge >= 0.3 is 0 Å². The molecule has 0 radical (unpaired) electrons. The summed E-state index contributed by atoms with van der Waals surface area (Å²) in [7, 11) is 1.72. The number of benzene rings is 2. The average Bonchev–Trinajstić information content (AvgIpc) is 3.26. The molecule has 4 aromatic rings. The molecule has 0 bridgehead atoms. The van der Waals surface area contributed by atoms with E-state index in [1.807, 2.05) is 67.8 Å². The number of thiophene rings is 1. The summed E-state index contributed by atoms with van der Waals surface area (Å²) in [6.45, 7) is 3.87. The van der Waals surface area contributed by atoms with Crippen molar-refractivity contribution < 1.29 is 4.79 Å². The summed E-state index contributed by atoms with van der Waals surface area (Å²) in [6.07, 6.45) is 1.78. The number of nitrogens with one attached hydrogen (secondary N) is 1. The Hall–Kier alpha value is -2.90. The molecule has 2 atom stereocenters. The number of aromatic nitrogens is 2. The molecule has 0 aliphatic heterocycles. The van der Waals surface area contributed by atoms with Crippen molar-refractivity contribution in [1.82, 2.24) is 14.9 Å². The number of rotatable bonds is 8. The fraction of sp³-hybridized carbons (Fsp3) is 0.269. The van der Waals surface area contributed by atoms with Crippen molar-refractivity contribution >= 4 is 39.2 Å². The SMILES string of the molecule is CC(CCc1ccccc1)NC(=O)C(C)Sc1nc2scc(-c3ccccc3)c2c(=O)n1C. The molecule has 2 aromatic heterocycles. The smallest absolute Gasteiger partial charge is 0.263 e. The van der Waals surface area contributed by atoms with Gasteiger partial charge in [0.25, 0.3) is 5.56 Å². The number of amides is 1. The van der Waals surface area contributed by atoms with Gasteiger partial charge in [-0.25, -0.2) is 4.98 Å². The minimum atomic E-state index is -0.367. The number of nitrogens with zero attached hydrogens (tertiary/aromatic N) is 2. The number of hydrogen-bond acceptors (Lipinski definition) is 5. The van der Waals surface area contributed by atoms with Gasteiger partial charge in [0.2, 0.25) is 5.91 Å². The number of carbonyl (C=O) groups excluding carboxylic acids is 1. The van der Waals surface area contributed by atoms with E-state index in [0.29, 0.717) is 15.4 Å². The molecule has 2 unspecified atom stereocenters. The number of hydrogen-bond donors (Lipinski definition) is 1. The molecule has 4 rings (SSSR count). The zero-order valence-electron chi connectivity index (χ0n) is 18.9. The van der Waals surface area contributed by atoms with Gasteiger partial charge in [0.1, 0.15) is 4.83 Å². The molecule has 0 saturated heterocycles. The summed E-state index contributed by atoms with van der Waals surface area (Å²) in [4.78, 5) is 31.4. The zero-order chi connectivity index (χ0) is 23.4. The second-order valence-corrected chi connectivity index (χ2v) is 10.3. The van der Waals surface area contributed by atoms with Crippen molar-refractivity contribution in [3.8, 4) is 11.1 Å². The van der Waals surface area contributed by atoms with Gasteiger partial charge in [0, 0.05) is 24.0 Å². The molecule has 7 heteroatoms. The molecule has 1 N–H and O–H groups in total. The summed E-state index contributed by atoms with van der Waals surface area (Å²) in [5.41, 5.74) is 3.07. The molecule has 2 aromatic carbocycles. The summed E-state index contributed by atoms with van der Waals surface area (Å²) in [5, 5.41) is 5.89. The Morgan fingerprint density at radius 2 is 1.76 bits per heavy atom. The van der Waals surface area contributed by atoms with Gasteiger partial charge in [-0.3, -0.25) is 14.2 Å². The molecular formula is C26H27N3O2S2. The molecule has 0 aliphatic carbocycles. The van der Waals surface area contributed by atoms with Crippen molar-refractivity contribution in [3.63, 3.8) is 0 Å². The second kappa shape index (κ2) is 10.4. The highest BCUT2D eigenvalue weighted by Crippen LogP contribution is 2.32. The van der Waals surface area contributed by atoms with Crippen molar-refractivity contribution in [2.45, 2.75) is 43.1 Å². The van der Waals surface area contributed by atoms with Crippen molar-refractivity contribution in [2.75, 3.05) is 0 Å². The van der Waals surface area contributed by atoms with Crippen LogP contribution in [-0.4, -0.2) is 26.8 Å². The maximum absolute atomic E-state index is 13.2. The van der Waals surface area contributed by atoms with Gasteiger partial charge in [0.15, 0.2) is 5.16 Å². The molecule has 5 nitrogen and oxygen atoms in total. The lowest BCUT2D eigenvalue weighted by atomic mass is 10.1. The Kier molecular flexibility index (Phi) is 7.30. The summed E-state index contributed by atoms with van der Waals surface area (Å²) < 4.78 is 1.55. The summed E-state index contributed by atoms with van der Waals surface area (Å²) >= 11 is 2.77. The van der Waals surface area contributed by atoms with Crippen LogP contribution in [0.15, 0.2) is 76.0 Å². The first-order valence-corrected chi connectivity index (χ1v) is 12.7. The fourth-order valence-electron chi connectivity index (χ4n) is 3.66. The van der Waals surface area contributed by atoms with Crippen LogP contribution >= 0.6 is 23.1 Å². The topological polar surface area (TPSA) is 64.0 Å². The van der Waals surface area contributed by atoms with Gasteiger partial charge in [0.05, 0.1) is 10.6 Å². The molecule has 33 heavy (non-hydrogen) atoms. The highest BCUT2D eigenvalue weighted by molar-refractivity contribution is 8.00. The average molecular weight is 478 g/mol. The van der Waals surface area contributed by atoms with E-state index in [0.717, 1.165) is 24.0 Å². The summed E-state index contributed by atoms with van der Waals surface area (Å²) in [5.74, 6) is -0.0499. The molecule has 2 heterocycles. The van der Waals surface area contributed by atoms with E-state index in [1.54, 1.807) is 11.6 Å². The number of aryl methyl sites for hydroxylation is 1. The van der Waals surface area contributed by atoms with E-state index in [2.05, 4.69) is 17.4 Å². The van der Waals surface area contributed by atoms with Crippen LogP contribution < -0.4 is 10.9 Å². The van der Waals surface area contributed by atoms with E-state index in [-0.39, 0.29) is 22.8 Å². The van der Waals surface area contributed by atoms with E-state index in [9.17, 15) is 9.59 Å². The Morgan fingerprint density at radius 1 is 1.09 bits per heavy atom. The predicted octanol–water partition coefficient (Wildman–Crippen LogP) is 5.28. The molecular weight excluding hydrogens is 450 g/mol. The van der Waals surface area contributed by atoms with Crippen LogP contribution in [0.3, 0.4) is 0 Å². The van der Waals surface area contributed by atoms with Gasteiger partial charge in [-0.15, -0.1) is 11.3 Å². The first kappa shape index (κ1) is 23.3. The third-order valence-corrected chi connectivity index (χ3v) is 7.62. The standard InChI is InChI=1S/C26H27N3O2S2/c1-17(14-15-19-10-6-4-7-11-19)27-23(30)18(2)33-26-28-24-22(25(31)29(26)3)21(16-32-24)20-12-8-5-9-13-20/h4-13,16-18H,14-15H2,1-3H3,(H,27,30). The molecule has 0 fully saturated rings. The largest absolute Gasteiger partial charge is 0.353 e. The van der Waals surface area contributed by atoms with Crippen molar-refractivity contribution in [1.29, 1.82) is 0 Å². The fourth-order valence-corrected chi connectivity index (χ4v) is 5.53. The van der Waals surface area contributed by atoms with Gasteiger partial charge in [-0.2, -0.15) is 0 Å². The maximum Gasteiger partial charge on any atom is 0.263 e. The Bertz CT molecular complexity index is 1300. The van der Waals surface area contributed by atoms with Crippen LogP contribution in [-0.2, 0) is 18.3 Å². The minimum absolute atomic E-state index is 0.0499. The lowest BCUT2D eigenvalue weighted by Crippen LogP contribution is -2.38. The Labute approximate surface area is 201 Å². The lowest BCUT2D eigenvalue weighted by molar-refractivity contribution is -0.120. The van der Waals surface area contributed by atoms with Crippen molar-refractivity contribution in [3.05, 3.63) is 82.0 Å². The Morgan fingerprint density at radius 3 is 2.45 bits per heavy atom.